The molecule has 0 amide bonds. The van der Waals surface area contributed by atoms with Crippen molar-refractivity contribution in [3.8, 4) is 0 Å². The third kappa shape index (κ3) is 4.24. The first-order valence-corrected chi connectivity index (χ1v) is 10.8. The van der Waals surface area contributed by atoms with Gasteiger partial charge in [0.1, 0.15) is 5.82 Å². The number of rotatable bonds is 6. The Morgan fingerprint density at radius 2 is 1.88 bits per heavy atom. The highest BCUT2D eigenvalue weighted by atomic mass is 32.2. The van der Waals surface area contributed by atoms with Crippen LogP contribution in [0.25, 0.3) is 0 Å². The zero-order valence-corrected chi connectivity index (χ0v) is 15.3. The van der Waals surface area contributed by atoms with Crippen LogP contribution in [0, 0.1) is 5.82 Å². The number of sulfonamides is 2. The van der Waals surface area contributed by atoms with Gasteiger partial charge in [-0.2, -0.15) is 4.31 Å². The topological polar surface area (TPSA) is 95.6 Å². The van der Waals surface area contributed by atoms with Gasteiger partial charge in [0.2, 0.25) is 20.0 Å². The van der Waals surface area contributed by atoms with Gasteiger partial charge in [0.25, 0.3) is 0 Å². The van der Waals surface area contributed by atoms with Crippen LogP contribution in [0.15, 0.2) is 23.1 Å². The van der Waals surface area contributed by atoms with Crippen LogP contribution in [0.5, 0.6) is 0 Å². The molecule has 24 heavy (non-hydrogen) atoms. The number of nitrogens with one attached hydrogen (secondary N) is 2. The Labute approximate surface area is 142 Å². The molecule has 1 aliphatic rings. The minimum Gasteiger partial charge on any atom is -0.317 e. The summed E-state index contributed by atoms with van der Waals surface area (Å²) in [5.74, 6) is -1.13. The van der Waals surface area contributed by atoms with Crippen molar-refractivity contribution in [3.05, 3.63) is 24.0 Å². The van der Waals surface area contributed by atoms with Crippen LogP contribution >= 0.6 is 0 Å². The van der Waals surface area contributed by atoms with Crippen molar-refractivity contribution in [2.75, 3.05) is 30.6 Å². The van der Waals surface area contributed by atoms with Crippen molar-refractivity contribution >= 4 is 25.7 Å². The van der Waals surface area contributed by atoms with Gasteiger partial charge in [0.05, 0.1) is 16.3 Å². The van der Waals surface area contributed by atoms with Crippen LogP contribution in [0.3, 0.4) is 0 Å². The molecule has 0 atom stereocenters. The number of piperidine rings is 1. The standard InChI is InChI=1S/C14H22FN3O4S2/c1-3-23(19,20)17-14-5-4-12(10-13(14)15)24(21,22)18(2)11-6-8-16-9-7-11/h4-5,10-11,16-17H,3,6-9H2,1-2H3. The normalized spacial score (nSPS) is 17.2. The van der Waals surface area contributed by atoms with Gasteiger partial charge in [-0.25, -0.2) is 21.2 Å². The lowest BCUT2D eigenvalue weighted by Gasteiger charge is -2.30. The molecule has 136 valence electrons. The smallest absolute Gasteiger partial charge is 0.243 e. The minimum atomic E-state index is -3.84. The van der Waals surface area contributed by atoms with Crippen LogP contribution < -0.4 is 10.0 Å². The van der Waals surface area contributed by atoms with E-state index in [1.807, 2.05) is 0 Å². The van der Waals surface area contributed by atoms with E-state index in [9.17, 15) is 21.2 Å². The van der Waals surface area contributed by atoms with Crippen molar-refractivity contribution in [3.63, 3.8) is 0 Å². The van der Waals surface area contributed by atoms with E-state index in [0.29, 0.717) is 12.8 Å². The number of benzene rings is 1. The second-order valence-electron chi connectivity index (χ2n) is 5.65. The molecule has 0 radical (unpaired) electrons. The van der Waals surface area contributed by atoms with Crippen LogP contribution in [0.2, 0.25) is 0 Å². The van der Waals surface area contributed by atoms with Crippen molar-refractivity contribution < 1.29 is 21.2 Å². The van der Waals surface area contributed by atoms with Gasteiger partial charge in [-0.3, -0.25) is 4.72 Å². The first-order valence-electron chi connectivity index (χ1n) is 7.66. The molecule has 1 aromatic rings. The molecule has 0 aromatic heterocycles. The summed E-state index contributed by atoms with van der Waals surface area (Å²) < 4.78 is 65.8. The molecule has 1 heterocycles. The van der Waals surface area contributed by atoms with E-state index in [0.717, 1.165) is 25.2 Å². The Morgan fingerprint density at radius 1 is 1.25 bits per heavy atom. The van der Waals surface area contributed by atoms with Gasteiger partial charge in [-0.15, -0.1) is 0 Å². The lowest BCUT2D eigenvalue weighted by Crippen LogP contribution is -2.43. The van der Waals surface area contributed by atoms with E-state index in [1.54, 1.807) is 0 Å². The van der Waals surface area contributed by atoms with Crippen LogP contribution in [0.1, 0.15) is 19.8 Å². The van der Waals surface area contributed by atoms with E-state index >= 15 is 0 Å². The van der Waals surface area contributed by atoms with Gasteiger partial charge in [0.15, 0.2) is 0 Å². The first kappa shape index (κ1) is 19.1. The monoisotopic (exact) mass is 379 g/mol. The molecule has 7 nitrogen and oxygen atoms in total. The second kappa shape index (κ2) is 7.34. The summed E-state index contributed by atoms with van der Waals surface area (Å²) in [5.41, 5.74) is -0.264. The molecule has 2 rings (SSSR count). The van der Waals surface area contributed by atoms with Gasteiger partial charge >= 0.3 is 0 Å². The molecule has 0 saturated carbocycles. The Bertz CT molecular complexity index is 790. The third-order valence-corrected chi connectivity index (χ3v) is 7.28. The largest absolute Gasteiger partial charge is 0.317 e. The Kier molecular flexibility index (Phi) is 5.84. The quantitative estimate of drug-likeness (QED) is 0.768. The van der Waals surface area contributed by atoms with E-state index in [1.165, 1.54) is 24.3 Å². The molecule has 0 spiro atoms. The lowest BCUT2D eigenvalue weighted by atomic mass is 10.1. The van der Waals surface area contributed by atoms with Crippen LogP contribution in [-0.4, -0.2) is 53.1 Å². The minimum absolute atomic E-state index is 0.141. The maximum absolute atomic E-state index is 14.1. The van der Waals surface area contributed by atoms with E-state index in [-0.39, 0.29) is 22.4 Å². The molecule has 1 fully saturated rings. The Balaban J connectivity index is 2.26. The molecule has 0 unspecified atom stereocenters. The van der Waals surface area contributed by atoms with Gasteiger partial charge < -0.3 is 5.32 Å². The molecular weight excluding hydrogens is 357 g/mol. The van der Waals surface area contributed by atoms with Gasteiger partial charge in [-0.1, -0.05) is 0 Å². The number of nitrogens with zero attached hydrogens (tertiary/aromatic N) is 1. The number of halogens is 1. The highest BCUT2D eigenvalue weighted by molar-refractivity contribution is 7.92. The zero-order chi connectivity index (χ0) is 18.0. The molecule has 0 aliphatic carbocycles. The fourth-order valence-corrected chi connectivity index (χ4v) is 4.58. The highest BCUT2D eigenvalue weighted by Crippen LogP contribution is 2.24. The second-order valence-corrected chi connectivity index (χ2v) is 9.66. The summed E-state index contributed by atoms with van der Waals surface area (Å²) >= 11 is 0. The molecular formula is C14H22FN3O4S2. The Hall–Kier alpha value is -1.23. The van der Waals surface area contributed by atoms with Crippen molar-refractivity contribution in [2.24, 2.45) is 0 Å². The summed E-state index contributed by atoms with van der Waals surface area (Å²) in [5, 5.41) is 3.16. The summed E-state index contributed by atoms with van der Waals surface area (Å²) in [6, 6.07) is 3.05. The zero-order valence-electron chi connectivity index (χ0n) is 13.6. The number of hydrogen-bond acceptors (Lipinski definition) is 5. The van der Waals surface area contributed by atoms with Crippen molar-refractivity contribution in [1.82, 2.24) is 9.62 Å². The highest BCUT2D eigenvalue weighted by Gasteiger charge is 2.29. The predicted octanol–water partition coefficient (Wildman–Crippen LogP) is 0.960. The molecule has 1 aliphatic heterocycles. The van der Waals surface area contributed by atoms with E-state index < -0.39 is 25.9 Å². The molecule has 10 heteroatoms. The average Bonchev–Trinajstić information content (AvgIpc) is 2.56. The molecule has 0 bridgehead atoms. The van der Waals surface area contributed by atoms with Gasteiger partial charge in [0, 0.05) is 13.1 Å². The number of anilines is 1. The third-order valence-electron chi connectivity index (χ3n) is 4.09. The first-order chi connectivity index (χ1) is 11.2. The molecule has 2 N–H and O–H groups in total. The molecule has 1 saturated heterocycles. The summed E-state index contributed by atoms with van der Waals surface area (Å²) in [6.45, 7) is 2.89. The summed E-state index contributed by atoms with van der Waals surface area (Å²) in [6.07, 6.45) is 1.37. The predicted molar refractivity (Wildman–Crippen MR) is 90.3 cm³/mol. The molecule has 1 aromatic carbocycles. The van der Waals surface area contributed by atoms with Crippen LogP contribution in [-0.2, 0) is 20.0 Å². The fourth-order valence-electron chi connectivity index (χ4n) is 2.51. The maximum atomic E-state index is 14.1. The van der Waals surface area contributed by atoms with E-state index in [2.05, 4.69) is 10.0 Å². The average molecular weight is 379 g/mol. The number of hydrogen-bond donors (Lipinski definition) is 2. The van der Waals surface area contributed by atoms with Crippen molar-refractivity contribution in [1.29, 1.82) is 0 Å². The van der Waals surface area contributed by atoms with E-state index in [4.69, 9.17) is 0 Å². The SMILES string of the molecule is CCS(=O)(=O)Nc1ccc(S(=O)(=O)N(C)C2CCNCC2)cc1F. The fraction of sp³-hybridized carbons (Fsp3) is 0.571. The van der Waals surface area contributed by atoms with Crippen molar-refractivity contribution in [2.45, 2.75) is 30.7 Å². The maximum Gasteiger partial charge on any atom is 0.243 e. The Morgan fingerprint density at radius 3 is 2.42 bits per heavy atom. The lowest BCUT2D eigenvalue weighted by molar-refractivity contribution is 0.296. The van der Waals surface area contributed by atoms with Crippen LogP contribution in [0.4, 0.5) is 10.1 Å². The van der Waals surface area contributed by atoms with Gasteiger partial charge in [-0.05, 0) is 51.1 Å². The summed E-state index contributed by atoms with van der Waals surface area (Å²) in [4.78, 5) is -0.194. The summed E-state index contributed by atoms with van der Waals surface area (Å²) in [7, 11) is -5.99.